The van der Waals surface area contributed by atoms with Crippen molar-refractivity contribution < 1.29 is 10.1 Å². The van der Waals surface area contributed by atoms with Crippen molar-refractivity contribution in [2.75, 3.05) is 0 Å². The quantitative estimate of drug-likeness (QED) is 0.416. The third-order valence-electron chi connectivity index (χ3n) is 4.08. The molecule has 0 fully saturated rings. The van der Waals surface area contributed by atoms with Gasteiger partial charge in [0.2, 0.25) is 0 Å². The van der Waals surface area contributed by atoms with Crippen LogP contribution in [0, 0.1) is 0 Å². The zero-order chi connectivity index (χ0) is 16.4. The Hall–Kier alpha value is -2.95. The van der Waals surface area contributed by atoms with E-state index in [1.54, 1.807) is 0 Å². The van der Waals surface area contributed by atoms with E-state index >= 15 is 0 Å². The summed E-state index contributed by atoms with van der Waals surface area (Å²) < 4.78 is 0. The standard InChI is InChI=1S/C20H16N2O2/c23-24-13-18-19(15-8-2-1-3-9-15)22-20(21-18)17-12-6-10-14-7-4-5-11-16(14)17/h1-12,23H,13H2,(H,21,22). The summed E-state index contributed by atoms with van der Waals surface area (Å²) in [4.78, 5) is 12.4. The number of aromatic amines is 1. The van der Waals surface area contributed by atoms with Gasteiger partial charge in [-0.15, -0.1) is 0 Å². The first kappa shape index (κ1) is 14.6. The SMILES string of the molecule is OOCc1[nH]c(-c2cccc3ccccc23)nc1-c1ccccc1. The Morgan fingerprint density at radius 1 is 0.875 bits per heavy atom. The molecule has 1 aromatic heterocycles. The normalized spacial score (nSPS) is 11.0. The number of nitrogens with one attached hydrogen (secondary N) is 1. The Balaban J connectivity index is 1.90. The van der Waals surface area contributed by atoms with Gasteiger partial charge in [-0.25, -0.2) is 9.87 Å². The summed E-state index contributed by atoms with van der Waals surface area (Å²) in [6.45, 7) is 0.0575. The minimum Gasteiger partial charge on any atom is -0.339 e. The second kappa shape index (κ2) is 6.28. The molecule has 0 aliphatic heterocycles. The van der Waals surface area contributed by atoms with Crippen molar-refractivity contribution in [1.82, 2.24) is 9.97 Å². The Morgan fingerprint density at radius 3 is 2.46 bits per heavy atom. The lowest BCUT2D eigenvalue weighted by molar-refractivity contribution is -0.253. The number of hydrogen-bond donors (Lipinski definition) is 2. The van der Waals surface area contributed by atoms with Gasteiger partial charge in [0.15, 0.2) is 0 Å². The Bertz CT molecular complexity index is 972. The van der Waals surface area contributed by atoms with Crippen LogP contribution in [0.3, 0.4) is 0 Å². The van der Waals surface area contributed by atoms with E-state index in [1.807, 2.05) is 54.6 Å². The van der Waals surface area contributed by atoms with Crippen LogP contribution in [-0.4, -0.2) is 15.2 Å². The van der Waals surface area contributed by atoms with Crippen LogP contribution < -0.4 is 0 Å². The average Bonchev–Trinajstić information content (AvgIpc) is 3.06. The number of hydrogen-bond acceptors (Lipinski definition) is 3. The van der Waals surface area contributed by atoms with Gasteiger partial charge in [0, 0.05) is 11.1 Å². The number of rotatable bonds is 4. The average molecular weight is 316 g/mol. The van der Waals surface area contributed by atoms with Crippen LogP contribution in [0.1, 0.15) is 5.69 Å². The van der Waals surface area contributed by atoms with E-state index < -0.39 is 0 Å². The number of nitrogens with zero attached hydrogens (tertiary/aromatic N) is 1. The van der Waals surface area contributed by atoms with E-state index in [0.29, 0.717) is 0 Å². The number of aromatic nitrogens is 2. The van der Waals surface area contributed by atoms with Crippen molar-refractivity contribution >= 4 is 10.8 Å². The molecular formula is C20H16N2O2. The fraction of sp³-hybridized carbons (Fsp3) is 0.0500. The van der Waals surface area contributed by atoms with Crippen molar-refractivity contribution in [1.29, 1.82) is 0 Å². The molecule has 0 amide bonds. The van der Waals surface area contributed by atoms with Crippen molar-refractivity contribution in [3.8, 4) is 22.6 Å². The van der Waals surface area contributed by atoms with Gasteiger partial charge in [-0.1, -0.05) is 72.8 Å². The maximum Gasteiger partial charge on any atom is 0.138 e. The molecule has 0 aliphatic rings. The maximum absolute atomic E-state index is 8.89. The molecule has 3 aromatic carbocycles. The lowest BCUT2D eigenvalue weighted by atomic mass is 10.0. The molecule has 4 rings (SSSR count). The topological polar surface area (TPSA) is 58.1 Å². The first-order valence-electron chi connectivity index (χ1n) is 7.75. The molecule has 2 N–H and O–H groups in total. The van der Waals surface area contributed by atoms with Gasteiger partial charge in [-0.2, -0.15) is 0 Å². The van der Waals surface area contributed by atoms with Crippen molar-refractivity contribution in [3.63, 3.8) is 0 Å². The van der Waals surface area contributed by atoms with Gasteiger partial charge in [-0.05, 0) is 10.8 Å². The summed E-state index contributed by atoms with van der Waals surface area (Å²) in [5.41, 5.74) is 3.53. The summed E-state index contributed by atoms with van der Waals surface area (Å²) in [6, 6.07) is 24.2. The molecule has 0 saturated heterocycles. The lowest BCUT2D eigenvalue weighted by Gasteiger charge is -2.03. The fourth-order valence-corrected chi connectivity index (χ4v) is 2.97. The number of fused-ring (bicyclic) bond motifs is 1. The van der Waals surface area contributed by atoms with Gasteiger partial charge in [0.05, 0.1) is 11.4 Å². The van der Waals surface area contributed by atoms with Crippen LogP contribution in [0.25, 0.3) is 33.4 Å². The van der Waals surface area contributed by atoms with E-state index in [4.69, 9.17) is 10.2 Å². The maximum atomic E-state index is 8.89. The Labute approximate surface area is 139 Å². The molecule has 118 valence electrons. The van der Waals surface area contributed by atoms with E-state index in [0.717, 1.165) is 39.1 Å². The van der Waals surface area contributed by atoms with Crippen molar-refractivity contribution in [3.05, 3.63) is 78.5 Å². The molecule has 0 atom stereocenters. The molecule has 4 heteroatoms. The zero-order valence-electron chi connectivity index (χ0n) is 12.9. The highest BCUT2D eigenvalue weighted by atomic mass is 17.1. The summed E-state index contributed by atoms with van der Waals surface area (Å²) in [6.07, 6.45) is 0. The predicted octanol–water partition coefficient (Wildman–Crippen LogP) is 4.89. The van der Waals surface area contributed by atoms with Crippen molar-refractivity contribution in [2.45, 2.75) is 6.61 Å². The predicted molar refractivity (Wildman–Crippen MR) is 94.4 cm³/mol. The highest BCUT2D eigenvalue weighted by Gasteiger charge is 2.15. The smallest absolute Gasteiger partial charge is 0.138 e. The van der Waals surface area contributed by atoms with Crippen LogP contribution in [0.4, 0.5) is 0 Å². The molecule has 1 heterocycles. The molecule has 4 aromatic rings. The minimum absolute atomic E-state index is 0.0575. The third-order valence-corrected chi connectivity index (χ3v) is 4.08. The van der Waals surface area contributed by atoms with Gasteiger partial charge in [0.25, 0.3) is 0 Å². The number of H-pyrrole nitrogens is 1. The van der Waals surface area contributed by atoms with Crippen LogP contribution in [0.5, 0.6) is 0 Å². The van der Waals surface area contributed by atoms with Gasteiger partial charge < -0.3 is 4.98 Å². The van der Waals surface area contributed by atoms with E-state index in [9.17, 15) is 0 Å². The summed E-state index contributed by atoms with van der Waals surface area (Å²) in [7, 11) is 0. The molecular weight excluding hydrogens is 300 g/mol. The molecule has 0 bridgehead atoms. The summed E-state index contributed by atoms with van der Waals surface area (Å²) in [5, 5.41) is 11.2. The minimum atomic E-state index is 0.0575. The van der Waals surface area contributed by atoms with Crippen LogP contribution in [0.2, 0.25) is 0 Å². The van der Waals surface area contributed by atoms with Crippen LogP contribution in [0.15, 0.2) is 72.8 Å². The first-order valence-corrected chi connectivity index (χ1v) is 7.75. The summed E-state index contributed by atoms with van der Waals surface area (Å²) >= 11 is 0. The summed E-state index contributed by atoms with van der Waals surface area (Å²) in [5.74, 6) is 0.762. The zero-order valence-corrected chi connectivity index (χ0v) is 12.9. The number of benzene rings is 3. The number of imidazole rings is 1. The second-order valence-electron chi connectivity index (χ2n) is 5.58. The molecule has 24 heavy (non-hydrogen) atoms. The van der Waals surface area contributed by atoms with Gasteiger partial charge in [-0.3, -0.25) is 5.26 Å². The molecule has 4 nitrogen and oxygen atoms in total. The van der Waals surface area contributed by atoms with E-state index in [1.165, 1.54) is 0 Å². The van der Waals surface area contributed by atoms with Crippen LogP contribution >= 0.6 is 0 Å². The Kier molecular flexibility index (Phi) is 3.83. The highest BCUT2D eigenvalue weighted by molar-refractivity contribution is 5.95. The van der Waals surface area contributed by atoms with Crippen LogP contribution in [-0.2, 0) is 11.5 Å². The second-order valence-corrected chi connectivity index (χ2v) is 5.58. The Morgan fingerprint density at radius 2 is 1.62 bits per heavy atom. The molecule has 0 spiro atoms. The monoisotopic (exact) mass is 316 g/mol. The lowest BCUT2D eigenvalue weighted by Crippen LogP contribution is -1.91. The fourth-order valence-electron chi connectivity index (χ4n) is 2.97. The van der Waals surface area contributed by atoms with Gasteiger partial charge in [0.1, 0.15) is 12.4 Å². The highest BCUT2D eigenvalue weighted by Crippen LogP contribution is 2.30. The van der Waals surface area contributed by atoms with Gasteiger partial charge >= 0.3 is 0 Å². The molecule has 0 radical (unpaired) electrons. The first-order chi connectivity index (χ1) is 11.9. The molecule has 0 unspecified atom stereocenters. The molecule has 0 saturated carbocycles. The molecule has 0 aliphatic carbocycles. The van der Waals surface area contributed by atoms with E-state index in [2.05, 4.69) is 28.1 Å². The largest absolute Gasteiger partial charge is 0.339 e. The third kappa shape index (κ3) is 2.58. The van der Waals surface area contributed by atoms with Crippen molar-refractivity contribution in [2.24, 2.45) is 0 Å². The van der Waals surface area contributed by atoms with E-state index in [-0.39, 0.29) is 6.61 Å².